The zero-order chi connectivity index (χ0) is 14.3. The number of rotatable bonds is 8. The van der Waals surface area contributed by atoms with Gasteiger partial charge in [0.1, 0.15) is 0 Å². The van der Waals surface area contributed by atoms with Crippen molar-refractivity contribution in [1.82, 2.24) is 10.2 Å². The Morgan fingerprint density at radius 3 is 2.42 bits per heavy atom. The molecule has 1 heterocycles. The molecule has 4 nitrogen and oxygen atoms in total. The highest BCUT2D eigenvalue weighted by Crippen LogP contribution is 2.12. The first-order chi connectivity index (χ1) is 9.00. The van der Waals surface area contributed by atoms with Crippen LogP contribution in [-0.2, 0) is 4.79 Å². The Labute approximate surface area is 118 Å². The molecule has 112 valence electrons. The average Bonchev–Trinajstić information content (AvgIpc) is 2.88. The second-order valence-corrected chi connectivity index (χ2v) is 6.15. The van der Waals surface area contributed by atoms with E-state index in [2.05, 4.69) is 17.1 Å². The van der Waals surface area contributed by atoms with Crippen LogP contribution in [0.2, 0.25) is 0 Å². The molecule has 0 radical (unpaired) electrons. The van der Waals surface area contributed by atoms with Crippen LogP contribution in [0.15, 0.2) is 0 Å². The molecule has 0 aromatic heterocycles. The molecule has 1 aliphatic rings. The lowest BCUT2D eigenvalue weighted by Gasteiger charge is -2.24. The molecule has 1 saturated heterocycles. The molecule has 4 heteroatoms. The number of hydrogen-bond acceptors (Lipinski definition) is 3. The monoisotopic (exact) mass is 269 g/mol. The van der Waals surface area contributed by atoms with Crippen molar-refractivity contribution in [3.8, 4) is 0 Å². The predicted octanol–water partition coefficient (Wildman–Crippen LogP) is 1.74. The molecule has 3 unspecified atom stereocenters. The lowest BCUT2D eigenvalue weighted by molar-refractivity contribution is -0.124. The summed E-state index contributed by atoms with van der Waals surface area (Å²) in [6, 6.07) is 0.702. The van der Waals surface area contributed by atoms with Gasteiger partial charge < -0.3 is 11.1 Å². The lowest BCUT2D eigenvalue weighted by atomic mass is 10.0. The summed E-state index contributed by atoms with van der Waals surface area (Å²) in [5.41, 5.74) is 5.72. The summed E-state index contributed by atoms with van der Waals surface area (Å²) in [7, 11) is 0. The van der Waals surface area contributed by atoms with E-state index in [0.29, 0.717) is 6.04 Å². The summed E-state index contributed by atoms with van der Waals surface area (Å²) in [5, 5.41) is 3.09. The van der Waals surface area contributed by atoms with E-state index in [1.807, 2.05) is 13.8 Å². The first-order valence-corrected chi connectivity index (χ1v) is 7.78. The Morgan fingerprint density at radius 1 is 1.21 bits per heavy atom. The van der Waals surface area contributed by atoms with Crippen LogP contribution in [-0.4, -0.2) is 42.5 Å². The van der Waals surface area contributed by atoms with Gasteiger partial charge in [-0.2, -0.15) is 0 Å². The van der Waals surface area contributed by atoms with Crippen molar-refractivity contribution >= 4 is 5.91 Å². The number of likely N-dealkylation sites (tertiary alicyclic amines) is 1. The normalized spacial score (nSPS) is 21.1. The van der Waals surface area contributed by atoms with Gasteiger partial charge in [0.15, 0.2) is 0 Å². The Bertz CT molecular complexity index is 262. The number of carbonyl (C=O) groups excluding carboxylic acids is 1. The maximum Gasteiger partial charge on any atom is 0.222 e. The molecule has 0 spiro atoms. The SMILES string of the molecule is CC(N)CCCC(C)C(=O)NCC(C)N1CCCC1. The third-order valence-corrected chi connectivity index (χ3v) is 4.08. The van der Waals surface area contributed by atoms with Gasteiger partial charge in [0.25, 0.3) is 0 Å². The first-order valence-electron chi connectivity index (χ1n) is 7.78. The van der Waals surface area contributed by atoms with Crippen molar-refractivity contribution < 1.29 is 4.79 Å². The summed E-state index contributed by atoms with van der Waals surface area (Å²) in [6.45, 7) is 9.37. The number of nitrogens with two attached hydrogens (primary N) is 1. The molecule has 1 rings (SSSR count). The average molecular weight is 269 g/mol. The molecule has 1 aliphatic heterocycles. The van der Waals surface area contributed by atoms with E-state index >= 15 is 0 Å². The van der Waals surface area contributed by atoms with E-state index in [1.54, 1.807) is 0 Å². The molecule has 0 aliphatic carbocycles. The van der Waals surface area contributed by atoms with Gasteiger partial charge in [0.05, 0.1) is 0 Å². The summed E-state index contributed by atoms with van der Waals surface area (Å²) in [5.74, 6) is 0.292. The zero-order valence-corrected chi connectivity index (χ0v) is 12.8. The van der Waals surface area contributed by atoms with Crippen molar-refractivity contribution in [2.24, 2.45) is 11.7 Å². The summed E-state index contributed by atoms with van der Waals surface area (Å²) >= 11 is 0. The molecule has 0 bridgehead atoms. The highest BCUT2D eigenvalue weighted by molar-refractivity contribution is 5.78. The number of nitrogens with one attached hydrogen (secondary N) is 1. The minimum atomic E-state index is 0.101. The number of amides is 1. The molecule has 0 aromatic carbocycles. The summed E-state index contributed by atoms with van der Waals surface area (Å²) < 4.78 is 0. The Hall–Kier alpha value is -0.610. The minimum Gasteiger partial charge on any atom is -0.354 e. The van der Waals surface area contributed by atoms with Crippen LogP contribution in [0.1, 0.15) is 52.9 Å². The number of hydrogen-bond donors (Lipinski definition) is 2. The molecule has 1 fully saturated rings. The van der Waals surface area contributed by atoms with Crippen LogP contribution >= 0.6 is 0 Å². The Kier molecular flexibility index (Phi) is 7.39. The third-order valence-electron chi connectivity index (χ3n) is 4.08. The number of nitrogens with zero attached hydrogens (tertiary/aromatic N) is 1. The molecule has 0 saturated carbocycles. The van der Waals surface area contributed by atoms with E-state index in [-0.39, 0.29) is 17.9 Å². The van der Waals surface area contributed by atoms with Crippen molar-refractivity contribution in [2.75, 3.05) is 19.6 Å². The van der Waals surface area contributed by atoms with Crippen LogP contribution < -0.4 is 11.1 Å². The van der Waals surface area contributed by atoms with Crippen LogP contribution in [0.4, 0.5) is 0 Å². The molecule has 1 amide bonds. The zero-order valence-electron chi connectivity index (χ0n) is 12.8. The van der Waals surface area contributed by atoms with E-state index in [4.69, 9.17) is 5.73 Å². The smallest absolute Gasteiger partial charge is 0.222 e. The third kappa shape index (κ3) is 6.39. The second kappa shape index (κ2) is 8.54. The number of carbonyl (C=O) groups is 1. The van der Waals surface area contributed by atoms with Crippen molar-refractivity contribution in [3.05, 3.63) is 0 Å². The van der Waals surface area contributed by atoms with Crippen LogP contribution in [0.5, 0.6) is 0 Å². The quantitative estimate of drug-likeness (QED) is 0.705. The van der Waals surface area contributed by atoms with Crippen LogP contribution in [0, 0.1) is 5.92 Å². The van der Waals surface area contributed by atoms with E-state index in [9.17, 15) is 4.79 Å². The van der Waals surface area contributed by atoms with Crippen molar-refractivity contribution in [2.45, 2.75) is 65.0 Å². The maximum absolute atomic E-state index is 12.0. The van der Waals surface area contributed by atoms with E-state index in [0.717, 1.165) is 25.8 Å². The van der Waals surface area contributed by atoms with Gasteiger partial charge in [0.2, 0.25) is 5.91 Å². The molecular weight excluding hydrogens is 238 g/mol. The van der Waals surface area contributed by atoms with E-state index in [1.165, 1.54) is 25.9 Å². The Morgan fingerprint density at radius 2 is 1.84 bits per heavy atom. The van der Waals surface area contributed by atoms with Gasteiger partial charge in [0, 0.05) is 24.5 Å². The van der Waals surface area contributed by atoms with Gasteiger partial charge in [-0.1, -0.05) is 13.3 Å². The predicted molar refractivity (Wildman–Crippen MR) is 79.9 cm³/mol. The molecule has 19 heavy (non-hydrogen) atoms. The second-order valence-electron chi connectivity index (χ2n) is 6.15. The molecule has 3 N–H and O–H groups in total. The molecule has 3 atom stereocenters. The van der Waals surface area contributed by atoms with Crippen LogP contribution in [0.3, 0.4) is 0 Å². The van der Waals surface area contributed by atoms with Gasteiger partial charge in [-0.3, -0.25) is 9.69 Å². The van der Waals surface area contributed by atoms with Gasteiger partial charge in [-0.15, -0.1) is 0 Å². The maximum atomic E-state index is 12.0. The van der Waals surface area contributed by atoms with E-state index < -0.39 is 0 Å². The molecule has 0 aromatic rings. The Balaban J connectivity index is 2.14. The van der Waals surface area contributed by atoms with Crippen molar-refractivity contribution in [1.29, 1.82) is 0 Å². The fourth-order valence-corrected chi connectivity index (χ4v) is 2.61. The minimum absolute atomic E-state index is 0.101. The summed E-state index contributed by atoms with van der Waals surface area (Å²) in [4.78, 5) is 14.4. The van der Waals surface area contributed by atoms with Crippen LogP contribution in [0.25, 0.3) is 0 Å². The molecular formula is C15H31N3O. The fraction of sp³-hybridized carbons (Fsp3) is 0.933. The van der Waals surface area contributed by atoms with Crippen molar-refractivity contribution in [3.63, 3.8) is 0 Å². The highest BCUT2D eigenvalue weighted by atomic mass is 16.1. The fourth-order valence-electron chi connectivity index (χ4n) is 2.61. The standard InChI is InChI=1S/C15H31N3O/c1-12(7-6-8-13(2)16)15(19)17-11-14(3)18-9-4-5-10-18/h12-14H,4-11,16H2,1-3H3,(H,17,19). The topological polar surface area (TPSA) is 58.4 Å². The first kappa shape index (κ1) is 16.4. The van der Waals surface area contributed by atoms with Gasteiger partial charge in [-0.05, 0) is 52.6 Å². The van der Waals surface area contributed by atoms with Gasteiger partial charge in [-0.25, -0.2) is 0 Å². The van der Waals surface area contributed by atoms with Gasteiger partial charge >= 0.3 is 0 Å². The highest BCUT2D eigenvalue weighted by Gasteiger charge is 2.19. The summed E-state index contributed by atoms with van der Waals surface area (Å²) in [6.07, 6.45) is 5.57. The largest absolute Gasteiger partial charge is 0.354 e. The lowest BCUT2D eigenvalue weighted by Crippen LogP contribution is -2.42.